The quantitative estimate of drug-likeness (QED) is 0.502. The molecule has 20 heavy (non-hydrogen) atoms. The zero-order chi connectivity index (χ0) is 13.7. The summed E-state index contributed by atoms with van der Waals surface area (Å²) in [5, 5.41) is 0. The van der Waals surface area contributed by atoms with Gasteiger partial charge in [0.25, 0.3) is 0 Å². The molecular formula is C14H18NNaO3S. The largest absolute Gasteiger partial charge is 1.00 e. The molecule has 0 bridgehead atoms. The Hall–Kier alpha value is -0.170. The number of hydrogen-bond acceptors (Lipinski definition) is 4. The van der Waals surface area contributed by atoms with Gasteiger partial charge in [0.15, 0.2) is 0 Å². The Bertz CT molecular complexity index is 543. The van der Waals surface area contributed by atoms with Crippen molar-refractivity contribution in [1.82, 2.24) is 4.90 Å². The van der Waals surface area contributed by atoms with E-state index in [1.54, 1.807) is 0 Å². The van der Waals surface area contributed by atoms with E-state index in [9.17, 15) is 13.0 Å². The van der Waals surface area contributed by atoms with Crippen molar-refractivity contribution in [2.45, 2.75) is 12.8 Å². The van der Waals surface area contributed by atoms with Gasteiger partial charge < -0.3 is 4.55 Å². The molecule has 0 amide bonds. The summed E-state index contributed by atoms with van der Waals surface area (Å²) in [7, 11) is -4.07. The number of benzene rings is 1. The van der Waals surface area contributed by atoms with Gasteiger partial charge in [0.2, 0.25) is 0 Å². The summed E-state index contributed by atoms with van der Waals surface area (Å²) < 4.78 is 31.6. The molecule has 0 aromatic heterocycles. The average Bonchev–Trinajstić information content (AvgIpc) is 2.39. The first kappa shape index (κ1) is 17.9. The first-order valence-electron chi connectivity index (χ1n) is 6.45. The van der Waals surface area contributed by atoms with Gasteiger partial charge in [-0.2, -0.15) is 0 Å². The van der Waals surface area contributed by atoms with E-state index >= 15 is 0 Å². The third-order valence-electron chi connectivity index (χ3n) is 3.31. The van der Waals surface area contributed by atoms with Crippen molar-refractivity contribution in [3.8, 4) is 0 Å². The SMILES string of the molecule is O=S(=O)([O-])CCCN1CC=C(c2ccccc2)CC1.[Na+]. The molecule has 1 aromatic carbocycles. The van der Waals surface area contributed by atoms with Gasteiger partial charge in [0.05, 0.1) is 10.1 Å². The van der Waals surface area contributed by atoms with E-state index in [1.165, 1.54) is 11.1 Å². The molecule has 0 saturated heterocycles. The summed E-state index contributed by atoms with van der Waals surface area (Å²) in [5.41, 5.74) is 2.59. The Morgan fingerprint density at radius 3 is 2.45 bits per heavy atom. The van der Waals surface area contributed by atoms with Gasteiger partial charge in [0.1, 0.15) is 0 Å². The molecule has 0 spiro atoms. The molecule has 0 N–H and O–H groups in total. The molecule has 0 fully saturated rings. The summed E-state index contributed by atoms with van der Waals surface area (Å²) in [6.45, 7) is 2.41. The fourth-order valence-electron chi connectivity index (χ4n) is 2.29. The molecule has 0 unspecified atom stereocenters. The molecule has 1 aliphatic rings. The zero-order valence-corrected chi connectivity index (χ0v) is 14.6. The van der Waals surface area contributed by atoms with Crippen LogP contribution in [0, 0.1) is 0 Å². The maximum atomic E-state index is 10.5. The monoisotopic (exact) mass is 303 g/mol. The van der Waals surface area contributed by atoms with Crippen LogP contribution in [0.4, 0.5) is 0 Å². The molecule has 1 aromatic rings. The van der Waals surface area contributed by atoms with Crippen LogP contribution in [-0.4, -0.2) is 43.3 Å². The second-order valence-electron chi connectivity index (χ2n) is 4.76. The first-order valence-corrected chi connectivity index (χ1v) is 8.03. The predicted molar refractivity (Wildman–Crippen MR) is 74.7 cm³/mol. The van der Waals surface area contributed by atoms with Crippen molar-refractivity contribution < 1.29 is 42.5 Å². The van der Waals surface area contributed by atoms with Crippen LogP contribution in [0.3, 0.4) is 0 Å². The van der Waals surface area contributed by atoms with Crippen LogP contribution in [0.15, 0.2) is 36.4 Å². The van der Waals surface area contributed by atoms with Crippen molar-refractivity contribution in [2.75, 3.05) is 25.4 Å². The van der Waals surface area contributed by atoms with E-state index in [0.29, 0.717) is 13.0 Å². The molecule has 104 valence electrons. The van der Waals surface area contributed by atoms with Crippen LogP contribution >= 0.6 is 0 Å². The van der Waals surface area contributed by atoms with E-state index in [2.05, 4.69) is 23.1 Å². The van der Waals surface area contributed by atoms with Crippen molar-refractivity contribution in [2.24, 2.45) is 0 Å². The van der Waals surface area contributed by atoms with E-state index in [1.807, 2.05) is 18.2 Å². The van der Waals surface area contributed by atoms with Gasteiger partial charge in [0, 0.05) is 18.8 Å². The van der Waals surface area contributed by atoms with Crippen molar-refractivity contribution in [1.29, 1.82) is 0 Å². The third-order valence-corrected chi connectivity index (χ3v) is 4.10. The van der Waals surface area contributed by atoms with Crippen LogP contribution in [0.5, 0.6) is 0 Å². The average molecular weight is 303 g/mol. The van der Waals surface area contributed by atoms with Gasteiger partial charge in [-0.3, -0.25) is 4.90 Å². The van der Waals surface area contributed by atoms with Crippen LogP contribution in [0.1, 0.15) is 18.4 Å². The Morgan fingerprint density at radius 1 is 1.20 bits per heavy atom. The molecule has 0 saturated carbocycles. The topological polar surface area (TPSA) is 60.4 Å². The maximum absolute atomic E-state index is 10.5. The summed E-state index contributed by atoms with van der Waals surface area (Å²) in [6, 6.07) is 10.3. The zero-order valence-electron chi connectivity index (χ0n) is 11.8. The molecule has 0 aliphatic carbocycles. The molecule has 2 rings (SSSR count). The summed E-state index contributed by atoms with van der Waals surface area (Å²) in [5.74, 6) is -0.265. The Morgan fingerprint density at radius 2 is 1.90 bits per heavy atom. The number of nitrogens with zero attached hydrogens (tertiary/aromatic N) is 1. The van der Waals surface area contributed by atoms with Gasteiger partial charge in [-0.25, -0.2) is 8.42 Å². The Labute approximate surface area is 142 Å². The van der Waals surface area contributed by atoms with E-state index < -0.39 is 10.1 Å². The van der Waals surface area contributed by atoms with Gasteiger partial charge in [-0.1, -0.05) is 36.4 Å². The van der Waals surface area contributed by atoms with Gasteiger partial charge >= 0.3 is 29.6 Å². The van der Waals surface area contributed by atoms with Gasteiger partial charge in [-0.15, -0.1) is 0 Å². The van der Waals surface area contributed by atoms with Crippen molar-refractivity contribution in [3.05, 3.63) is 42.0 Å². The van der Waals surface area contributed by atoms with E-state index in [4.69, 9.17) is 0 Å². The molecule has 0 radical (unpaired) electrons. The Balaban J connectivity index is 0.00000200. The predicted octanol–water partition coefficient (Wildman–Crippen LogP) is -1.28. The molecule has 4 nitrogen and oxygen atoms in total. The van der Waals surface area contributed by atoms with Crippen molar-refractivity contribution >= 4 is 15.7 Å². The van der Waals surface area contributed by atoms with Crippen LogP contribution in [0.2, 0.25) is 0 Å². The maximum Gasteiger partial charge on any atom is 1.00 e. The minimum atomic E-state index is -4.07. The smallest absolute Gasteiger partial charge is 0.748 e. The second kappa shape index (κ2) is 8.32. The summed E-state index contributed by atoms with van der Waals surface area (Å²) in [6.07, 6.45) is 3.57. The summed E-state index contributed by atoms with van der Waals surface area (Å²) in [4.78, 5) is 2.18. The second-order valence-corrected chi connectivity index (χ2v) is 6.28. The van der Waals surface area contributed by atoms with E-state index in [0.717, 1.165) is 19.5 Å². The molecule has 1 aliphatic heterocycles. The van der Waals surface area contributed by atoms with Crippen LogP contribution in [-0.2, 0) is 10.1 Å². The molecular weight excluding hydrogens is 285 g/mol. The molecule has 0 atom stereocenters. The molecule has 1 heterocycles. The van der Waals surface area contributed by atoms with Crippen molar-refractivity contribution in [3.63, 3.8) is 0 Å². The van der Waals surface area contributed by atoms with E-state index in [-0.39, 0.29) is 35.3 Å². The Kier molecular flexibility index (Phi) is 7.43. The minimum Gasteiger partial charge on any atom is -0.748 e. The number of hydrogen-bond donors (Lipinski definition) is 0. The summed E-state index contributed by atoms with van der Waals surface area (Å²) >= 11 is 0. The van der Waals surface area contributed by atoms with Gasteiger partial charge in [-0.05, 0) is 30.5 Å². The van der Waals surface area contributed by atoms with Crippen LogP contribution in [0.25, 0.3) is 5.57 Å². The minimum absolute atomic E-state index is 0. The number of rotatable bonds is 5. The normalized spacial score (nSPS) is 16.4. The molecule has 6 heteroatoms. The van der Waals surface area contributed by atoms with Crippen LogP contribution < -0.4 is 29.6 Å². The third kappa shape index (κ3) is 6.08. The standard InChI is InChI=1S/C14H19NO3S.Na/c16-19(17,18)12-4-9-15-10-7-14(8-11-15)13-5-2-1-3-6-13;/h1-3,5-7H,4,8-12H2,(H,16,17,18);/q;+1/p-1. The fourth-order valence-corrected chi connectivity index (χ4v) is 2.78. The first-order chi connectivity index (χ1) is 9.04. The fraction of sp³-hybridized carbons (Fsp3) is 0.429.